The molecule has 0 fully saturated rings. The summed E-state index contributed by atoms with van der Waals surface area (Å²) >= 11 is 0. The maximum Gasteiger partial charge on any atom is 0.416 e. The lowest BCUT2D eigenvalue weighted by Gasteiger charge is -2.14. The molecule has 2 aromatic heterocycles. The van der Waals surface area contributed by atoms with Crippen LogP contribution < -0.4 is 5.32 Å². The standard InChI is InChI=1S/C21H16F3N7O3/c22-21(23,24)15-6-7-18(31-13-25-12-26-31)16(8-15)27-19(32)11-34-20(33)17-10-30(29-28-17)9-14-4-2-1-3-5-14/h1-8,10,12-13H,9,11H2,(H,27,32). The van der Waals surface area contributed by atoms with Crippen LogP contribution in [0.5, 0.6) is 0 Å². The van der Waals surface area contributed by atoms with Crippen molar-refractivity contribution in [1.82, 2.24) is 29.8 Å². The first-order chi connectivity index (χ1) is 16.3. The van der Waals surface area contributed by atoms with Crippen molar-refractivity contribution in [1.29, 1.82) is 0 Å². The molecule has 0 bridgehead atoms. The van der Waals surface area contributed by atoms with E-state index in [2.05, 4.69) is 25.7 Å². The molecule has 0 saturated heterocycles. The van der Waals surface area contributed by atoms with Gasteiger partial charge in [-0.2, -0.15) is 18.3 Å². The van der Waals surface area contributed by atoms with E-state index < -0.39 is 30.2 Å². The Kier molecular flexibility index (Phi) is 6.34. The van der Waals surface area contributed by atoms with E-state index in [1.165, 1.54) is 28.2 Å². The number of hydrogen-bond donors (Lipinski definition) is 1. The van der Waals surface area contributed by atoms with Crippen molar-refractivity contribution < 1.29 is 27.5 Å². The molecular weight excluding hydrogens is 455 g/mol. The molecule has 2 aromatic carbocycles. The summed E-state index contributed by atoms with van der Waals surface area (Å²) in [6.07, 6.45) is -0.811. The zero-order chi connectivity index (χ0) is 24.1. The summed E-state index contributed by atoms with van der Waals surface area (Å²) in [5.74, 6) is -1.76. The summed E-state index contributed by atoms with van der Waals surface area (Å²) in [5.41, 5.74) is -0.190. The molecule has 0 spiro atoms. The predicted molar refractivity (Wildman–Crippen MR) is 111 cm³/mol. The van der Waals surface area contributed by atoms with Crippen LogP contribution in [0.15, 0.2) is 67.4 Å². The van der Waals surface area contributed by atoms with Gasteiger partial charge in [-0.05, 0) is 23.8 Å². The largest absolute Gasteiger partial charge is 0.451 e. The Hall–Kier alpha value is -4.55. The number of rotatable bonds is 7. The summed E-state index contributed by atoms with van der Waals surface area (Å²) in [7, 11) is 0. The van der Waals surface area contributed by atoms with Crippen LogP contribution in [-0.2, 0) is 22.3 Å². The molecule has 4 rings (SSSR count). The number of esters is 1. The number of halogens is 3. The summed E-state index contributed by atoms with van der Waals surface area (Å²) in [4.78, 5) is 28.3. The molecule has 0 radical (unpaired) electrons. The first-order valence-corrected chi connectivity index (χ1v) is 9.77. The second kappa shape index (κ2) is 9.52. The second-order valence-electron chi connectivity index (χ2n) is 6.98. The number of ether oxygens (including phenoxy) is 1. The van der Waals surface area contributed by atoms with Gasteiger partial charge in [0.1, 0.15) is 12.7 Å². The van der Waals surface area contributed by atoms with Crippen molar-refractivity contribution in [2.75, 3.05) is 11.9 Å². The maximum atomic E-state index is 13.1. The van der Waals surface area contributed by atoms with E-state index in [4.69, 9.17) is 4.74 Å². The molecule has 174 valence electrons. The van der Waals surface area contributed by atoms with Crippen LogP contribution >= 0.6 is 0 Å². The molecule has 4 aromatic rings. The number of benzene rings is 2. The Balaban J connectivity index is 1.41. The van der Waals surface area contributed by atoms with Crippen LogP contribution in [0, 0.1) is 0 Å². The van der Waals surface area contributed by atoms with Gasteiger partial charge in [0.25, 0.3) is 5.91 Å². The molecular formula is C21H16F3N7O3. The number of nitrogens with one attached hydrogen (secondary N) is 1. The van der Waals surface area contributed by atoms with Gasteiger partial charge in [-0.25, -0.2) is 19.1 Å². The van der Waals surface area contributed by atoms with Gasteiger partial charge in [-0.3, -0.25) is 4.79 Å². The number of amides is 1. The minimum absolute atomic E-state index is 0.119. The van der Waals surface area contributed by atoms with Crippen LogP contribution in [0.1, 0.15) is 21.6 Å². The fourth-order valence-electron chi connectivity index (χ4n) is 2.98. The fourth-order valence-corrected chi connectivity index (χ4v) is 2.98. The normalized spacial score (nSPS) is 11.3. The van der Waals surface area contributed by atoms with Crippen LogP contribution in [-0.4, -0.2) is 48.2 Å². The number of carbonyl (C=O) groups excluding carboxylic acids is 2. The minimum atomic E-state index is -4.63. The smallest absolute Gasteiger partial charge is 0.416 e. The fraction of sp³-hybridized carbons (Fsp3) is 0.143. The third-order valence-corrected chi connectivity index (χ3v) is 4.53. The lowest BCUT2D eigenvalue weighted by atomic mass is 10.1. The number of aromatic nitrogens is 6. The van der Waals surface area contributed by atoms with E-state index in [1.807, 2.05) is 30.3 Å². The van der Waals surface area contributed by atoms with E-state index in [-0.39, 0.29) is 17.1 Å². The zero-order valence-corrected chi connectivity index (χ0v) is 17.3. The van der Waals surface area contributed by atoms with Gasteiger partial charge in [0.05, 0.1) is 29.7 Å². The quantitative estimate of drug-likeness (QED) is 0.412. The molecule has 0 aliphatic rings. The number of carbonyl (C=O) groups is 2. The second-order valence-corrected chi connectivity index (χ2v) is 6.98. The Morgan fingerprint density at radius 2 is 1.88 bits per heavy atom. The van der Waals surface area contributed by atoms with Crippen molar-refractivity contribution in [2.45, 2.75) is 12.7 Å². The first-order valence-electron chi connectivity index (χ1n) is 9.77. The highest BCUT2D eigenvalue weighted by atomic mass is 19.4. The Labute approximate surface area is 190 Å². The predicted octanol–water partition coefficient (Wildman–Crippen LogP) is 2.72. The highest BCUT2D eigenvalue weighted by molar-refractivity contribution is 5.96. The van der Waals surface area contributed by atoms with Crippen molar-refractivity contribution in [3.63, 3.8) is 0 Å². The number of nitrogens with zero attached hydrogens (tertiary/aromatic N) is 6. The third kappa shape index (κ3) is 5.43. The molecule has 2 heterocycles. The molecule has 1 N–H and O–H groups in total. The van der Waals surface area contributed by atoms with E-state index >= 15 is 0 Å². The van der Waals surface area contributed by atoms with E-state index in [9.17, 15) is 22.8 Å². The third-order valence-electron chi connectivity index (χ3n) is 4.53. The lowest BCUT2D eigenvalue weighted by molar-refractivity contribution is -0.137. The van der Waals surface area contributed by atoms with E-state index in [0.29, 0.717) is 6.54 Å². The number of alkyl halides is 3. The van der Waals surface area contributed by atoms with Gasteiger partial charge < -0.3 is 10.1 Å². The van der Waals surface area contributed by atoms with Crippen LogP contribution in [0.3, 0.4) is 0 Å². The monoisotopic (exact) mass is 471 g/mol. The van der Waals surface area contributed by atoms with Gasteiger partial charge >= 0.3 is 12.1 Å². The molecule has 13 heteroatoms. The van der Waals surface area contributed by atoms with Gasteiger partial charge in [-0.15, -0.1) is 5.10 Å². The summed E-state index contributed by atoms with van der Waals surface area (Å²) < 4.78 is 46.9. The molecule has 0 aliphatic carbocycles. The van der Waals surface area contributed by atoms with Crippen LogP contribution in [0.25, 0.3) is 5.69 Å². The Morgan fingerprint density at radius 1 is 1.09 bits per heavy atom. The van der Waals surface area contributed by atoms with Gasteiger partial charge in [0.15, 0.2) is 12.3 Å². The van der Waals surface area contributed by atoms with Crippen molar-refractivity contribution >= 4 is 17.6 Å². The SMILES string of the molecule is O=C(COC(=O)c1cn(Cc2ccccc2)nn1)Nc1cc(C(F)(F)F)ccc1-n1cncn1. The minimum Gasteiger partial charge on any atom is -0.451 e. The first kappa shape index (κ1) is 22.6. The molecule has 0 saturated carbocycles. The highest BCUT2D eigenvalue weighted by Crippen LogP contribution is 2.33. The average molecular weight is 471 g/mol. The summed E-state index contributed by atoms with van der Waals surface area (Å²) in [6, 6.07) is 12.1. The van der Waals surface area contributed by atoms with Gasteiger partial charge in [-0.1, -0.05) is 35.5 Å². The highest BCUT2D eigenvalue weighted by Gasteiger charge is 2.31. The molecule has 0 atom stereocenters. The van der Waals surface area contributed by atoms with Crippen molar-refractivity contribution in [2.24, 2.45) is 0 Å². The van der Waals surface area contributed by atoms with E-state index in [0.717, 1.165) is 23.8 Å². The van der Waals surface area contributed by atoms with Crippen molar-refractivity contribution in [3.05, 3.63) is 84.2 Å². The van der Waals surface area contributed by atoms with Crippen LogP contribution in [0.4, 0.5) is 18.9 Å². The Morgan fingerprint density at radius 3 is 2.59 bits per heavy atom. The molecule has 0 aliphatic heterocycles. The summed E-state index contributed by atoms with van der Waals surface area (Å²) in [5, 5.41) is 13.7. The molecule has 34 heavy (non-hydrogen) atoms. The zero-order valence-electron chi connectivity index (χ0n) is 17.3. The van der Waals surface area contributed by atoms with Crippen molar-refractivity contribution in [3.8, 4) is 5.69 Å². The van der Waals surface area contributed by atoms with Crippen LogP contribution in [0.2, 0.25) is 0 Å². The lowest BCUT2D eigenvalue weighted by Crippen LogP contribution is -2.22. The van der Waals surface area contributed by atoms with Gasteiger partial charge in [0, 0.05) is 0 Å². The maximum absolute atomic E-state index is 13.1. The average Bonchev–Trinajstić information content (AvgIpc) is 3.50. The van der Waals surface area contributed by atoms with Gasteiger partial charge in [0.2, 0.25) is 0 Å². The molecule has 1 amide bonds. The number of anilines is 1. The Bertz CT molecular complexity index is 1290. The topological polar surface area (TPSA) is 117 Å². The number of hydrogen-bond acceptors (Lipinski definition) is 7. The molecule has 10 nitrogen and oxygen atoms in total. The van der Waals surface area contributed by atoms with E-state index in [1.54, 1.807) is 0 Å². The summed E-state index contributed by atoms with van der Waals surface area (Å²) in [6.45, 7) is -0.375. The molecule has 0 unspecified atom stereocenters.